The molecule has 0 bridgehead atoms. The number of hydrogen-bond acceptors (Lipinski definition) is 3. The van der Waals surface area contributed by atoms with Crippen LogP contribution in [0.1, 0.15) is 42.6 Å². The van der Waals surface area contributed by atoms with Crippen molar-refractivity contribution in [3.63, 3.8) is 0 Å². The molecule has 3 amide bonds. The van der Waals surface area contributed by atoms with E-state index in [2.05, 4.69) is 10.9 Å². The Hall–Kier alpha value is -2.37. The summed E-state index contributed by atoms with van der Waals surface area (Å²) in [6, 6.07) is 7.28. The SMILES string of the molecule is CCc1ccc(C(=O)NNC(=O)C2CCN(C(C)=O)CC2)cc1. The van der Waals surface area contributed by atoms with E-state index < -0.39 is 0 Å². The van der Waals surface area contributed by atoms with Gasteiger partial charge in [0.05, 0.1) is 0 Å². The fourth-order valence-corrected chi connectivity index (χ4v) is 2.64. The maximum atomic E-state index is 12.1. The van der Waals surface area contributed by atoms with Crippen LogP contribution in [0, 0.1) is 5.92 Å². The van der Waals surface area contributed by atoms with E-state index in [0.717, 1.165) is 12.0 Å². The predicted octanol–water partition coefficient (Wildman–Crippen LogP) is 1.27. The van der Waals surface area contributed by atoms with Crippen LogP contribution in [0.3, 0.4) is 0 Å². The lowest BCUT2D eigenvalue weighted by atomic mass is 9.96. The lowest BCUT2D eigenvalue weighted by Gasteiger charge is -2.30. The van der Waals surface area contributed by atoms with Crippen LogP contribution in [-0.2, 0) is 16.0 Å². The highest BCUT2D eigenvalue weighted by Gasteiger charge is 2.26. The fourth-order valence-electron chi connectivity index (χ4n) is 2.64. The number of aryl methyl sites for hydroxylation is 1. The van der Waals surface area contributed by atoms with Gasteiger partial charge >= 0.3 is 0 Å². The maximum absolute atomic E-state index is 12.1. The molecular formula is C17H23N3O3. The van der Waals surface area contributed by atoms with Crippen LogP contribution in [0.2, 0.25) is 0 Å². The molecular weight excluding hydrogens is 294 g/mol. The Bertz CT molecular complexity index is 575. The standard InChI is InChI=1S/C17H23N3O3/c1-3-13-4-6-14(7-5-13)16(22)18-19-17(23)15-8-10-20(11-9-15)12(2)21/h4-7,15H,3,8-11H2,1-2H3,(H,18,22)(H,19,23). The second kappa shape index (κ2) is 7.76. The van der Waals surface area contributed by atoms with Gasteiger partial charge in [-0.15, -0.1) is 0 Å². The lowest BCUT2D eigenvalue weighted by molar-refractivity contribution is -0.134. The molecule has 1 aromatic carbocycles. The van der Waals surface area contributed by atoms with Gasteiger partial charge in [-0.2, -0.15) is 0 Å². The molecule has 1 fully saturated rings. The van der Waals surface area contributed by atoms with Crippen LogP contribution in [0.25, 0.3) is 0 Å². The van der Waals surface area contributed by atoms with Gasteiger partial charge < -0.3 is 4.90 Å². The summed E-state index contributed by atoms with van der Waals surface area (Å²) >= 11 is 0. The van der Waals surface area contributed by atoms with E-state index in [4.69, 9.17) is 0 Å². The molecule has 0 aromatic heterocycles. The Labute approximate surface area is 136 Å². The number of piperidine rings is 1. The second-order valence-corrected chi connectivity index (χ2v) is 5.77. The molecule has 0 atom stereocenters. The summed E-state index contributed by atoms with van der Waals surface area (Å²) in [6.07, 6.45) is 2.15. The normalized spacial score (nSPS) is 15.1. The monoisotopic (exact) mass is 317 g/mol. The van der Waals surface area contributed by atoms with Gasteiger partial charge in [-0.25, -0.2) is 0 Å². The zero-order valence-corrected chi connectivity index (χ0v) is 13.6. The smallest absolute Gasteiger partial charge is 0.269 e. The number of amides is 3. The van der Waals surface area contributed by atoms with E-state index in [1.807, 2.05) is 19.1 Å². The van der Waals surface area contributed by atoms with Gasteiger partial charge in [0.15, 0.2) is 0 Å². The predicted molar refractivity (Wildman–Crippen MR) is 86.4 cm³/mol. The van der Waals surface area contributed by atoms with Gasteiger partial charge in [-0.05, 0) is 37.0 Å². The highest BCUT2D eigenvalue weighted by atomic mass is 16.2. The number of hydrogen-bond donors (Lipinski definition) is 2. The van der Waals surface area contributed by atoms with Gasteiger partial charge in [0.25, 0.3) is 5.91 Å². The summed E-state index contributed by atoms with van der Waals surface area (Å²) in [5.74, 6) is -0.671. The highest BCUT2D eigenvalue weighted by molar-refractivity contribution is 5.95. The van der Waals surface area contributed by atoms with Crippen molar-refractivity contribution < 1.29 is 14.4 Å². The molecule has 6 nitrogen and oxygen atoms in total. The average Bonchev–Trinajstić information content (AvgIpc) is 2.59. The molecule has 23 heavy (non-hydrogen) atoms. The van der Waals surface area contributed by atoms with Crippen molar-refractivity contribution in [3.05, 3.63) is 35.4 Å². The first kappa shape index (κ1) is 17.0. The summed E-state index contributed by atoms with van der Waals surface area (Å²) in [5, 5.41) is 0. The Morgan fingerprint density at radius 3 is 2.22 bits per heavy atom. The Morgan fingerprint density at radius 1 is 1.09 bits per heavy atom. The minimum absolute atomic E-state index is 0.0349. The largest absolute Gasteiger partial charge is 0.343 e. The third-order valence-electron chi connectivity index (χ3n) is 4.23. The third-order valence-corrected chi connectivity index (χ3v) is 4.23. The van der Waals surface area contributed by atoms with Gasteiger partial charge in [0.1, 0.15) is 0 Å². The molecule has 0 saturated carbocycles. The summed E-state index contributed by atoms with van der Waals surface area (Å²) < 4.78 is 0. The molecule has 1 heterocycles. The Morgan fingerprint density at radius 2 is 1.70 bits per heavy atom. The summed E-state index contributed by atoms with van der Waals surface area (Å²) in [4.78, 5) is 37.1. The molecule has 1 aromatic rings. The first-order valence-electron chi connectivity index (χ1n) is 7.96. The number of nitrogens with zero attached hydrogens (tertiary/aromatic N) is 1. The van der Waals surface area contributed by atoms with Crippen LogP contribution in [0.4, 0.5) is 0 Å². The fraction of sp³-hybridized carbons (Fsp3) is 0.471. The van der Waals surface area contributed by atoms with E-state index in [1.54, 1.807) is 17.0 Å². The summed E-state index contributed by atoms with van der Waals surface area (Å²) in [7, 11) is 0. The van der Waals surface area contributed by atoms with E-state index in [-0.39, 0.29) is 23.6 Å². The van der Waals surface area contributed by atoms with Gasteiger partial charge in [0, 0.05) is 31.5 Å². The molecule has 0 spiro atoms. The van der Waals surface area contributed by atoms with Crippen LogP contribution in [-0.4, -0.2) is 35.7 Å². The molecule has 2 N–H and O–H groups in total. The first-order chi connectivity index (χ1) is 11.0. The van der Waals surface area contributed by atoms with Crippen LogP contribution >= 0.6 is 0 Å². The number of carbonyl (C=O) groups excluding carboxylic acids is 3. The van der Waals surface area contributed by atoms with Gasteiger partial charge in [-0.3, -0.25) is 25.2 Å². The van der Waals surface area contributed by atoms with E-state index in [0.29, 0.717) is 31.5 Å². The molecule has 0 radical (unpaired) electrons. The molecule has 124 valence electrons. The maximum Gasteiger partial charge on any atom is 0.269 e. The third kappa shape index (κ3) is 4.55. The van der Waals surface area contributed by atoms with Crippen molar-refractivity contribution in [2.75, 3.05) is 13.1 Å². The number of benzene rings is 1. The minimum Gasteiger partial charge on any atom is -0.343 e. The van der Waals surface area contributed by atoms with E-state index in [1.165, 1.54) is 6.92 Å². The molecule has 1 saturated heterocycles. The van der Waals surface area contributed by atoms with Crippen molar-refractivity contribution >= 4 is 17.7 Å². The van der Waals surface area contributed by atoms with Crippen LogP contribution in [0.15, 0.2) is 24.3 Å². The van der Waals surface area contributed by atoms with Crippen molar-refractivity contribution in [1.29, 1.82) is 0 Å². The number of nitrogens with one attached hydrogen (secondary N) is 2. The zero-order valence-electron chi connectivity index (χ0n) is 13.6. The van der Waals surface area contributed by atoms with Gasteiger partial charge in [0.2, 0.25) is 11.8 Å². The minimum atomic E-state index is -0.331. The van der Waals surface area contributed by atoms with Crippen LogP contribution in [0.5, 0.6) is 0 Å². The van der Waals surface area contributed by atoms with Gasteiger partial charge in [-0.1, -0.05) is 19.1 Å². The number of hydrazine groups is 1. The van der Waals surface area contributed by atoms with E-state index >= 15 is 0 Å². The topological polar surface area (TPSA) is 78.5 Å². The number of likely N-dealkylation sites (tertiary alicyclic amines) is 1. The van der Waals surface area contributed by atoms with Crippen molar-refractivity contribution in [2.45, 2.75) is 33.1 Å². The quantitative estimate of drug-likeness (QED) is 0.824. The molecule has 2 rings (SSSR count). The van der Waals surface area contributed by atoms with Crippen molar-refractivity contribution in [3.8, 4) is 0 Å². The molecule has 0 aliphatic carbocycles. The zero-order chi connectivity index (χ0) is 16.8. The molecule has 0 unspecified atom stereocenters. The van der Waals surface area contributed by atoms with E-state index in [9.17, 15) is 14.4 Å². The average molecular weight is 317 g/mol. The molecule has 1 aliphatic rings. The molecule has 1 aliphatic heterocycles. The Kier molecular flexibility index (Phi) is 5.73. The lowest BCUT2D eigenvalue weighted by Crippen LogP contribution is -2.47. The summed E-state index contributed by atoms with van der Waals surface area (Å²) in [5.41, 5.74) is 6.59. The Balaban J connectivity index is 1.79. The number of carbonyl (C=O) groups is 3. The molecule has 6 heteroatoms. The second-order valence-electron chi connectivity index (χ2n) is 5.77. The summed E-state index contributed by atoms with van der Waals surface area (Å²) in [6.45, 7) is 4.75. The van der Waals surface area contributed by atoms with Crippen molar-refractivity contribution in [2.24, 2.45) is 5.92 Å². The van der Waals surface area contributed by atoms with Crippen molar-refractivity contribution in [1.82, 2.24) is 15.8 Å². The first-order valence-corrected chi connectivity index (χ1v) is 7.96. The number of rotatable bonds is 3. The van der Waals surface area contributed by atoms with Crippen LogP contribution < -0.4 is 10.9 Å². The highest BCUT2D eigenvalue weighted by Crippen LogP contribution is 2.17.